The molecule has 2 saturated heterocycles. The first kappa shape index (κ1) is 29.0. The minimum atomic E-state index is -0.414. The van der Waals surface area contributed by atoms with E-state index < -0.39 is 5.69 Å². The molecule has 3 aromatic heterocycles. The molecule has 2 aliphatic rings. The fourth-order valence-corrected chi connectivity index (χ4v) is 6.52. The van der Waals surface area contributed by atoms with E-state index in [0.29, 0.717) is 46.5 Å². The Morgan fingerprint density at radius 3 is 2.51 bits per heavy atom. The molecule has 0 radical (unpaired) electrons. The predicted octanol–water partition coefficient (Wildman–Crippen LogP) is 5.25. The third-order valence-electron chi connectivity index (χ3n) is 8.50. The van der Waals surface area contributed by atoms with Crippen molar-refractivity contribution in [1.29, 1.82) is 0 Å². The molecule has 218 valence electrons. The first-order chi connectivity index (χ1) is 19.5. The highest BCUT2D eigenvalue weighted by Gasteiger charge is 2.34. The van der Waals surface area contributed by atoms with E-state index in [9.17, 15) is 9.59 Å². The second-order valence-corrected chi connectivity index (χ2v) is 12.2. The maximum absolute atomic E-state index is 14.1. The van der Waals surface area contributed by atoms with Gasteiger partial charge in [0.15, 0.2) is 5.65 Å². The second-order valence-electron chi connectivity index (χ2n) is 11.8. The fourth-order valence-electron chi connectivity index (χ4n) is 6.26. The number of aryl methyl sites for hydroxylation is 1. The number of rotatable bonds is 5. The van der Waals surface area contributed by atoms with E-state index in [1.54, 1.807) is 10.8 Å². The van der Waals surface area contributed by atoms with Crippen LogP contribution in [0.3, 0.4) is 0 Å². The topological polar surface area (TPSA) is 87.5 Å². The molecule has 0 saturated carbocycles. The lowest BCUT2D eigenvalue weighted by atomic mass is 10.0. The van der Waals surface area contributed by atoms with Gasteiger partial charge in [-0.1, -0.05) is 32.0 Å². The summed E-state index contributed by atoms with van der Waals surface area (Å²) in [6.45, 7) is 17.9. The number of hydrogen-bond donors (Lipinski definition) is 0. The Balaban J connectivity index is 1.78. The monoisotopic (exact) mass is 577 g/mol. The molecule has 3 aromatic rings. The van der Waals surface area contributed by atoms with Crippen molar-refractivity contribution in [2.75, 3.05) is 29.4 Å². The highest BCUT2D eigenvalue weighted by molar-refractivity contribution is 6.33. The quantitative estimate of drug-likeness (QED) is 0.383. The molecule has 0 unspecified atom stereocenters. The molecule has 0 spiro atoms. The van der Waals surface area contributed by atoms with Gasteiger partial charge in [-0.05, 0) is 76.6 Å². The van der Waals surface area contributed by atoms with Gasteiger partial charge in [0.2, 0.25) is 5.91 Å². The van der Waals surface area contributed by atoms with Crippen LogP contribution in [0.25, 0.3) is 16.7 Å². The molecule has 2 fully saturated rings. The van der Waals surface area contributed by atoms with Gasteiger partial charge in [0, 0.05) is 44.0 Å². The Morgan fingerprint density at radius 2 is 1.83 bits per heavy atom. The zero-order chi connectivity index (χ0) is 29.6. The third-order valence-corrected chi connectivity index (χ3v) is 8.78. The molecular formula is C31H40ClN7O2. The van der Waals surface area contributed by atoms with Crippen LogP contribution in [0.15, 0.2) is 35.8 Å². The maximum Gasteiger partial charge on any atom is 0.355 e. The summed E-state index contributed by atoms with van der Waals surface area (Å²) in [5, 5.41) is 1.23. The van der Waals surface area contributed by atoms with Gasteiger partial charge in [-0.2, -0.15) is 4.98 Å². The number of fused-ring (bicyclic) bond motifs is 1. The number of piperazine rings is 1. The normalized spacial score (nSPS) is 21.6. The van der Waals surface area contributed by atoms with Gasteiger partial charge in [-0.25, -0.2) is 14.3 Å². The van der Waals surface area contributed by atoms with Crippen molar-refractivity contribution in [2.45, 2.75) is 84.8 Å². The van der Waals surface area contributed by atoms with Crippen LogP contribution in [0.5, 0.6) is 0 Å². The number of piperidine rings is 1. The summed E-state index contributed by atoms with van der Waals surface area (Å²) in [5.41, 5.74) is 2.55. The zero-order valence-electron chi connectivity index (χ0n) is 24.9. The highest BCUT2D eigenvalue weighted by Crippen LogP contribution is 2.37. The molecule has 3 atom stereocenters. The number of hydrogen-bond acceptors (Lipinski definition) is 7. The minimum Gasteiger partial charge on any atom is -0.353 e. The maximum atomic E-state index is 14.1. The van der Waals surface area contributed by atoms with Crippen LogP contribution >= 0.6 is 11.6 Å². The first-order valence-electron chi connectivity index (χ1n) is 14.6. The van der Waals surface area contributed by atoms with Gasteiger partial charge in [-0.15, -0.1) is 0 Å². The molecule has 1 amide bonds. The number of pyridine rings is 2. The third kappa shape index (κ3) is 5.20. The van der Waals surface area contributed by atoms with Crippen molar-refractivity contribution in [3.05, 3.63) is 57.7 Å². The largest absolute Gasteiger partial charge is 0.355 e. The van der Waals surface area contributed by atoms with Crippen LogP contribution in [-0.2, 0) is 4.79 Å². The van der Waals surface area contributed by atoms with Crippen LogP contribution in [-0.4, -0.2) is 68.1 Å². The Hall–Kier alpha value is -3.46. The number of anilines is 2. The van der Waals surface area contributed by atoms with E-state index in [1.165, 1.54) is 12.5 Å². The molecule has 10 heteroatoms. The fraction of sp³-hybridized carbons (Fsp3) is 0.516. The SMILES string of the molecule is C=CC(=O)N1C[C@H](C)N(c2nc(=O)n(-c3c(C)ccnc3C(C)C)c3nc(N4CCCC[C@@H]4C)c(Cl)cc23)C[C@H]1C. The second kappa shape index (κ2) is 11.4. The minimum absolute atomic E-state index is 0.0803. The van der Waals surface area contributed by atoms with E-state index in [-0.39, 0.29) is 30.0 Å². The Kier molecular flexibility index (Phi) is 8.10. The smallest absolute Gasteiger partial charge is 0.353 e. The standard InChI is InChI=1S/C31H40ClN7O2/c1-8-25(40)37-16-22(7)38(17-21(37)6)28-23-15-24(32)30(36-14-10-9-11-20(36)5)34-29(23)39(31(41)35-28)27-19(4)12-13-33-26(27)18(2)3/h8,12-13,15,18,20-22H,1,9-11,14,16-17H2,2-7H3/t20-,21+,22-/m0/s1. The van der Waals surface area contributed by atoms with Gasteiger partial charge in [0.1, 0.15) is 11.6 Å². The van der Waals surface area contributed by atoms with Crippen molar-refractivity contribution in [2.24, 2.45) is 0 Å². The number of amides is 1. The molecule has 0 aliphatic carbocycles. The highest BCUT2D eigenvalue weighted by atomic mass is 35.5. The molecule has 41 heavy (non-hydrogen) atoms. The Labute approximate surface area is 246 Å². The predicted molar refractivity (Wildman–Crippen MR) is 166 cm³/mol. The van der Waals surface area contributed by atoms with E-state index in [2.05, 4.69) is 47.1 Å². The van der Waals surface area contributed by atoms with Crippen molar-refractivity contribution < 1.29 is 4.79 Å². The van der Waals surface area contributed by atoms with Gasteiger partial charge in [0.05, 0.1) is 21.8 Å². The molecule has 0 bridgehead atoms. The lowest BCUT2D eigenvalue weighted by Gasteiger charge is -2.44. The summed E-state index contributed by atoms with van der Waals surface area (Å²) in [4.78, 5) is 47.3. The number of carbonyl (C=O) groups excluding carboxylic acids is 1. The lowest BCUT2D eigenvalue weighted by Crippen LogP contribution is -2.58. The first-order valence-corrected chi connectivity index (χ1v) is 15.0. The summed E-state index contributed by atoms with van der Waals surface area (Å²) in [5.74, 6) is 1.20. The average Bonchev–Trinajstić information content (AvgIpc) is 2.94. The molecule has 5 heterocycles. The molecule has 9 nitrogen and oxygen atoms in total. The number of carbonyl (C=O) groups is 1. The molecule has 2 aliphatic heterocycles. The van der Waals surface area contributed by atoms with E-state index >= 15 is 0 Å². The van der Waals surface area contributed by atoms with Gasteiger partial charge < -0.3 is 14.7 Å². The van der Waals surface area contributed by atoms with Crippen LogP contribution in [0.4, 0.5) is 11.6 Å². The van der Waals surface area contributed by atoms with Gasteiger partial charge in [-0.3, -0.25) is 9.78 Å². The number of halogens is 1. The van der Waals surface area contributed by atoms with E-state index in [4.69, 9.17) is 16.6 Å². The van der Waals surface area contributed by atoms with Crippen molar-refractivity contribution in [3.63, 3.8) is 0 Å². The number of nitrogens with zero attached hydrogens (tertiary/aromatic N) is 7. The van der Waals surface area contributed by atoms with Gasteiger partial charge in [0.25, 0.3) is 0 Å². The van der Waals surface area contributed by atoms with E-state index in [0.717, 1.165) is 30.6 Å². The van der Waals surface area contributed by atoms with Crippen molar-refractivity contribution in [1.82, 2.24) is 24.4 Å². The van der Waals surface area contributed by atoms with Crippen molar-refractivity contribution >= 4 is 40.2 Å². The molecule has 5 rings (SSSR count). The average molecular weight is 578 g/mol. The van der Waals surface area contributed by atoms with Crippen LogP contribution in [0, 0.1) is 6.92 Å². The van der Waals surface area contributed by atoms with Crippen LogP contribution in [0.2, 0.25) is 5.02 Å². The summed E-state index contributed by atoms with van der Waals surface area (Å²) in [6, 6.07) is 3.93. The molecule has 0 N–H and O–H groups in total. The van der Waals surface area contributed by atoms with Crippen molar-refractivity contribution in [3.8, 4) is 5.69 Å². The molecular weight excluding hydrogens is 538 g/mol. The Morgan fingerprint density at radius 1 is 1.07 bits per heavy atom. The Bertz CT molecular complexity index is 1550. The van der Waals surface area contributed by atoms with E-state index in [1.807, 2.05) is 37.8 Å². The zero-order valence-corrected chi connectivity index (χ0v) is 25.6. The lowest BCUT2D eigenvalue weighted by molar-refractivity contribution is -0.128. The summed E-state index contributed by atoms with van der Waals surface area (Å²) in [7, 11) is 0. The number of aromatic nitrogens is 4. The van der Waals surface area contributed by atoms with Gasteiger partial charge >= 0.3 is 5.69 Å². The van der Waals surface area contributed by atoms with Crippen LogP contribution in [0.1, 0.15) is 71.1 Å². The van der Waals surface area contributed by atoms with Crippen LogP contribution < -0.4 is 15.5 Å². The summed E-state index contributed by atoms with van der Waals surface area (Å²) >= 11 is 7.00. The molecule has 0 aromatic carbocycles. The summed E-state index contributed by atoms with van der Waals surface area (Å²) < 4.78 is 1.62. The summed E-state index contributed by atoms with van der Waals surface area (Å²) in [6.07, 6.45) is 6.43.